The van der Waals surface area contributed by atoms with Crippen LogP contribution in [0, 0.1) is 0 Å². The molecule has 0 atom stereocenters. The molecule has 6 rings (SSSR count). The van der Waals surface area contributed by atoms with Crippen molar-refractivity contribution in [3.8, 4) is 11.4 Å². The molecule has 180 valence electrons. The number of hydrogen-bond acceptors (Lipinski definition) is 7. The van der Waals surface area contributed by atoms with Crippen LogP contribution in [0.2, 0.25) is 0 Å². The van der Waals surface area contributed by atoms with Crippen molar-refractivity contribution in [1.82, 2.24) is 15.0 Å². The Labute approximate surface area is 207 Å². The van der Waals surface area contributed by atoms with Gasteiger partial charge in [0.15, 0.2) is 5.78 Å². The molecule has 0 saturated carbocycles. The molecule has 1 amide bonds. The number of carbonyl (C=O) groups excluding carboxylic acids is 2. The van der Waals surface area contributed by atoms with Gasteiger partial charge in [-0.2, -0.15) is 4.98 Å². The van der Waals surface area contributed by atoms with Crippen molar-refractivity contribution in [2.75, 3.05) is 13.1 Å². The Kier molecular flexibility index (Phi) is 5.30. The maximum absolute atomic E-state index is 13.3. The van der Waals surface area contributed by atoms with E-state index in [9.17, 15) is 18.0 Å². The van der Waals surface area contributed by atoms with Gasteiger partial charge >= 0.3 is 0 Å². The summed E-state index contributed by atoms with van der Waals surface area (Å²) in [6.07, 6.45) is 1.30. The van der Waals surface area contributed by atoms with Crippen LogP contribution in [0.25, 0.3) is 11.4 Å². The molecule has 1 aromatic heterocycles. The Hall–Kier alpha value is -4.11. The lowest BCUT2D eigenvalue weighted by atomic mass is 9.96. The average Bonchev–Trinajstić information content (AvgIpc) is 3.42. The van der Waals surface area contributed by atoms with Crippen LogP contribution in [0.3, 0.4) is 0 Å². The Morgan fingerprint density at radius 1 is 0.889 bits per heavy atom. The maximum atomic E-state index is 13.3. The van der Waals surface area contributed by atoms with Crippen molar-refractivity contribution in [3.05, 3.63) is 95.4 Å². The third-order valence-electron chi connectivity index (χ3n) is 6.79. The zero-order chi connectivity index (χ0) is 24.9. The number of piperidine rings is 1. The highest BCUT2D eigenvalue weighted by Crippen LogP contribution is 2.35. The zero-order valence-corrected chi connectivity index (χ0v) is 19.9. The zero-order valence-electron chi connectivity index (χ0n) is 19.1. The number of amides is 1. The number of carbonyl (C=O) groups is 2. The van der Waals surface area contributed by atoms with Crippen molar-refractivity contribution in [2.24, 2.45) is 0 Å². The first-order valence-corrected chi connectivity index (χ1v) is 13.1. The van der Waals surface area contributed by atoms with Crippen molar-refractivity contribution in [3.63, 3.8) is 0 Å². The minimum atomic E-state index is -3.91. The first kappa shape index (κ1) is 22.4. The Morgan fingerprint density at radius 2 is 1.58 bits per heavy atom. The Balaban J connectivity index is 1.19. The lowest BCUT2D eigenvalue weighted by molar-refractivity contribution is 0.0704. The van der Waals surface area contributed by atoms with E-state index >= 15 is 0 Å². The molecule has 2 aliphatic heterocycles. The average molecular weight is 500 g/mol. The first-order chi connectivity index (χ1) is 17.4. The third kappa shape index (κ3) is 3.63. The van der Waals surface area contributed by atoms with Gasteiger partial charge < -0.3 is 9.42 Å². The lowest BCUT2D eigenvalue weighted by Gasteiger charge is -2.30. The Morgan fingerprint density at radius 3 is 2.36 bits per heavy atom. The van der Waals surface area contributed by atoms with Gasteiger partial charge in [0.1, 0.15) is 0 Å². The van der Waals surface area contributed by atoms with Crippen LogP contribution >= 0.6 is 0 Å². The number of ketones is 1. The summed E-state index contributed by atoms with van der Waals surface area (Å²) in [5, 5.41) is 4.09. The molecule has 1 saturated heterocycles. The molecule has 3 aromatic carbocycles. The fraction of sp³-hybridized carbons (Fsp3) is 0.185. The predicted molar refractivity (Wildman–Crippen MR) is 129 cm³/mol. The second-order valence-corrected chi connectivity index (χ2v) is 10.8. The van der Waals surface area contributed by atoms with Crippen LogP contribution < -0.4 is 0 Å². The highest BCUT2D eigenvalue weighted by molar-refractivity contribution is 7.91. The van der Waals surface area contributed by atoms with E-state index in [1.165, 1.54) is 30.3 Å². The van der Waals surface area contributed by atoms with Crippen molar-refractivity contribution < 1.29 is 22.5 Å². The van der Waals surface area contributed by atoms with E-state index in [-0.39, 0.29) is 44.1 Å². The fourth-order valence-corrected chi connectivity index (χ4v) is 6.51. The second-order valence-electron chi connectivity index (χ2n) is 8.93. The topological polar surface area (TPSA) is 110 Å². The highest BCUT2D eigenvalue weighted by Gasteiger charge is 2.36. The summed E-state index contributed by atoms with van der Waals surface area (Å²) < 4.78 is 31.9. The largest absolute Gasteiger partial charge is 0.339 e. The first-order valence-electron chi connectivity index (χ1n) is 11.6. The van der Waals surface area contributed by atoms with E-state index in [4.69, 9.17) is 4.52 Å². The number of benzene rings is 3. The van der Waals surface area contributed by atoms with Gasteiger partial charge in [0.05, 0.1) is 9.79 Å². The van der Waals surface area contributed by atoms with Crippen molar-refractivity contribution in [2.45, 2.75) is 28.6 Å². The highest BCUT2D eigenvalue weighted by atomic mass is 32.2. The predicted octanol–water partition coefficient (Wildman–Crippen LogP) is 4.13. The molecule has 0 spiro atoms. The Bertz CT molecular complexity index is 1600. The molecule has 0 aliphatic carbocycles. The lowest BCUT2D eigenvalue weighted by Crippen LogP contribution is -2.38. The van der Waals surface area contributed by atoms with Crippen LogP contribution in [-0.4, -0.2) is 48.2 Å². The normalized spacial score (nSPS) is 16.9. The molecule has 0 N–H and O–H groups in total. The summed E-state index contributed by atoms with van der Waals surface area (Å²) in [4.78, 5) is 32.2. The minimum Gasteiger partial charge on any atom is -0.339 e. The smallest absolute Gasteiger partial charge is 0.253 e. The summed E-state index contributed by atoms with van der Waals surface area (Å²) in [5.41, 5.74) is 1.37. The molecule has 2 aliphatic rings. The molecule has 3 heterocycles. The molecule has 9 heteroatoms. The third-order valence-corrected chi connectivity index (χ3v) is 8.64. The summed E-state index contributed by atoms with van der Waals surface area (Å²) >= 11 is 0. The monoisotopic (exact) mass is 499 g/mol. The molecular weight excluding hydrogens is 478 g/mol. The minimum absolute atomic E-state index is 0.0256. The molecule has 0 radical (unpaired) electrons. The molecule has 4 aromatic rings. The van der Waals surface area contributed by atoms with Crippen LogP contribution in [-0.2, 0) is 9.84 Å². The number of nitrogens with zero attached hydrogens (tertiary/aromatic N) is 3. The van der Waals surface area contributed by atoms with Gasteiger partial charge in [-0.3, -0.25) is 9.59 Å². The van der Waals surface area contributed by atoms with Gasteiger partial charge in [0, 0.05) is 41.3 Å². The van der Waals surface area contributed by atoms with Crippen molar-refractivity contribution in [1.29, 1.82) is 0 Å². The number of likely N-dealkylation sites (tertiary alicyclic amines) is 1. The summed E-state index contributed by atoms with van der Waals surface area (Å²) in [6.45, 7) is 0.941. The van der Waals surface area contributed by atoms with Crippen LogP contribution in [0.5, 0.6) is 0 Å². The van der Waals surface area contributed by atoms with Crippen molar-refractivity contribution >= 4 is 21.5 Å². The molecule has 1 fully saturated rings. The molecular formula is C27H21N3O5S. The molecule has 8 nitrogen and oxygen atoms in total. The molecule has 36 heavy (non-hydrogen) atoms. The van der Waals surface area contributed by atoms with Crippen LogP contribution in [0.4, 0.5) is 0 Å². The van der Waals surface area contributed by atoms with Gasteiger partial charge in [-0.15, -0.1) is 0 Å². The number of fused-ring (bicyclic) bond motifs is 2. The molecule has 0 bridgehead atoms. The number of hydrogen-bond donors (Lipinski definition) is 0. The summed E-state index contributed by atoms with van der Waals surface area (Å²) in [6, 6.07) is 20.0. The van der Waals surface area contributed by atoms with Gasteiger partial charge in [-0.25, -0.2) is 8.42 Å². The summed E-state index contributed by atoms with van der Waals surface area (Å²) in [7, 11) is -3.91. The van der Waals surface area contributed by atoms with Gasteiger partial charge in [0.25, 0.3) is 5.91 Å². The van der Waals surface area contributed by atoms with Crippen LogP contribution in [0.1, 0.15) is 50.9 Å². The number of aromatic nitrogens is 2. The van der Waals surface area contributed by atoms with Gasteiger partial charge in [-0.05, 0) is 43.2 Å². The standard InChI is InChI=1S/C27H21N3O5S/c31-24-20-8-4-5-9-22(20)36(33,34)23-16-19(10-11-21(23)24)27(32)30-14-12-18(13-15-30)26-28-25(29-35-26)17-6-2-1-3-7-17/h1-11,16,18H,12-15H2. The fourth-order valence-electron chi connectivity index (χ4n) is 4.84. The van der Waals surface area contributed by atoms with Crippen LogP contribution in [0.15, 0.2) is 87.1 Å². The van der Waals surface area contributed by atoms with E-state index < -0.39 is 9.84 Å². The van der Waals surface area contributed by atoms with E-state index in [0.29, 0.717) is 37.6 Å². The second kappa shape index (κ2) is 8.53. The van der Waals surface area contributed by atoms with E-state index in [2.05, 4.69) is 10.1 Å². The van der Waals surface area contributed by atoms with Gasteiger partial charge in [0.2, 0.25) is 21.6 Å². The number of sulfone groups is 1. The van der Waals surface area contributed by atoms with Gasteiger partial charge in [-0.1, -0.05) is 47.6 Å². The van der Waals surface area contributed by atoms with E-state index in [1.807, 2.05) is 30.3 Å². The van der Waals surface area contributed by atoms with E-state index in [0.717, 1.165) is 5.56 Å². The number of rotatable bonds is 3. The van der Waals surface area contributed by atoms with E-state index in [1.54, 1.807) is 17.0 Å². The maximum Gasteiger partial charge on any atom is 0.253 e. The SMILES string of the molecule is O=C1c2ccccc2S(=O)(=O)c2cc(C(=O)N3CCC(c4nc(-c5ccccc5)no4)CC3)ccc21. The summed E-state index contributed by atoms with van der Waals surface area (Å²) in [5.74, 6) is 0.503. The molecule has 0 unspecified atom stereocenters. The quantitative estimate of drug-likeness (QED) is 0.367.